The number of nitrogens with zero attached hydrogens (tertiary/aromatic N) is 1. The first-order valence-electron chi connectivity index (χ1n) is 9.55. The van der Waals surface area contributed by atoms with Crippen LogP contribution in [-0.2, 0) is 9.53 Å². The Hall–Kier alpha value is -1.96. The van der Waals surface area contributed by atoms with E-state index < -0.39 is 10.9 Å². The summed E-state index contributed by atoms with van der Waals surface area (Å²) in [6, 6.07) is 2.68. The van der Waals surface area contributed by atoms with Crippen LogP contribution in [0.25, 0.3) is 0 Å². The highest BCUT2D eigenvalue weighted by molar-refractivity contribution is 7.17. The van der Waals surface area contributed by atoms with Crippen molar-refractivity contribution in [3.05, 3.63) is 27.1 Å². The average molecular weight is 392 g/mol. The van der Waals surface area contributed by atoms with Gasteiger partial charge < -0.3 is 10.1 Å². The van der Waals surface area contributed by atoms with E-state index in [0.717, 1.165) is 29.1 Å². The van der Waals surface area contributed by atoms with Crippen molar-refractivity contribution < 1.29 is 19.2 Å². The summed E-state index contributed by atoms with van der Waals surface area (Å²) in [6.07, 6.45) is 7.64. The molecule has 0 aromatic carbocycles. The molecule has 7 nitrogen and oxygen atoms in total. The van der Waals surface area contributed by atoms with Gasteiger partial charge in [0.05, 0.1) is 4.92 Å². The van der Waals surface area contributed by atoms with Gasteiger partial charge in [-0.1, -0.05) is 11.3 Å². The third-order valence-corrected chi connectivity index (χ3v) is 7.71. The second-order valence-electron chi connectivity index (χ2n) is 8.54. The molecule has 1 atom stereocenters. The maximum atomic E-state index is 12.3. The van der Waals surface area contributed by atoms with Crippen LogP contribution in [0.2, 0.25) is 0 Å². The summed E-state index contributed by atoms with van der Waals surface area (Å²) < 4.78 is 5.04. The first-order chi connectivity index (χ1) is 12.8. The van der Waals surface area contributed by atoms with E-state index in [1.54, 1.807) is 0 Å². The van der Waals surface area contributed by atoms with Crippen LogP contribution < -0.4 is 5.32 Å². The van der Waals surface area contributed by atoms with Gasteiger partial charge in [-0.05, 0) is 74.7 Å². The van der Waals surface area contributed by atoms with Gasteiger partial charge in [0.25, 0.3) is 5.91 Å². The Morgan fingerprint density at radius 2 is 1.85 bits per heavy atom. The predicted molar refractivity (Wildman–Crippen MR) is 99.5 cm³/mol. The highest BCUT2D eigenvalue weighted by Crippen LogP contribution is 2.61. The van der Waals surface area contributed by atoms with Gasteiger partial charge in [0.2, 0.25) is 0 Å². The molecule has 27 heavy (non-hydrogen) atoms. The molecule has 8 heteroatoms. The van der Waals surface area contributed by atoms with Gasteiger partial charge in [-0.2, -0.15) is 0 Å². The van der Waals surface area contributed by atoms with E-state index in [1.807, 2.05) is 0 Å². The molecule has 5 rings (SSSR count). The van der Waals surface area contributed by atoms with Crippen LogP contribution in [0.5, 0.6) is 0 Å². The molecule has 0 radical (unpaired) electrons. The van der Waals surface area contributed by atoms with E-state index >= 15 is 0 Å². The quantitative estimate of drug-likeness (QED) is 0.454. The zero-order valence-electron chi connectivity index (χ0n) is 15.3. The fraction of sp³-hybridized carbons (Fsp3) is 0.684. The number of carbonyl (C=O) groups excluding carboxylic acids is 2. The zero-order valence-corrected chi connectivity index (χ0v) is 16.1. The fourth-order valence-electron chi connectivity index (χ4n) is 5.88. The standard InChI is InChI=1S/C19H24N2O5S/c1-11(19-7-12-4-13(8-19)6-14(5-12)9-19)20-16(22)10-26-18(23)15-2-3-17(27-15)21(24)25/h2-3,11-14H,4-10H2,1H3,(H,20,22)/t11-,12?,13?,14?,19?/m1/s1. The number of esters is 1. The molecule has 0 unspecified atom stereocenters. The topological polar surface area (TPSA) is 98.5 Å². The van der Waals surface area contributed by atoms with Gasteiger partial charge in [0, 0.05) is 12.1 Å². The number of hydrogen-bond donors (Lipinski definition) is 1. The van der Waals surface area contributed by atoms with Gasteiger partial charge in [0.15, 0.2) is 6.61 Å². The summed E-state index contributed by atoms with van der Waals surface area (Å²) in [5, 5.41) is 13.6. The van der Waals surface area contributed by atoms with Gasteiger partial charge in [0.1, 0.15) is 4.88 Å². The summed E-state index contributed by atoms with van der Waals surface area (Å²) >= 11 is 0.748. The van der Waals surface area contributed by atoms with Crippen LogP contribution in [-0.4, -0.2) is 29.4 Å². The molecule has 1 aromatic heterocycles. The minimum absolute atomic E-state index is 0.0694. The van der Waals surface area contributed by atoms with Crippen molar-refractivity contribution in [2.45, 2.75) is 51.5 Å². The Morgan fingerprint density at radius 1 is 1.26 bits per heavy atom. The molecule has 0 saturated heterocycles. The van der Waals surface area contributed by atoms with Crippen molar-refractivity contribution in [3.8, 4) is 0 Å². The van der Waals surface area contributed by atoms with Crippen LogP contribution in [0.4, 0.5) is 5.00 Å². The second kappa shape index (κ2) is 6.89. The number of thiophene rings is 1. The Balaban J connectivity index is 1.30. The van der Waals surface area contributed by atoms with Crippen molar-refractivity contribution in [2.75, 3.05) is 6.61 Å². The van der Waals surface area contributed by atoms with Gasteiger partial charge in [-0.15, -0.1) is 0 Å². The molecule has 4 fully saturated rings. The smallest absolute Gasteiger partial charge is 0.349 e. The van der Waals surface area contributed by atoms with Crippen LogP contribution in [0.3, 0.4) is 0 Å². The highest BCUT2D eigenvalue weighted by Gasteiger charge is 2.53. The number of nitro groups is 1. The van der Waals surface area contributed by atoms with Crippen molar-refractivity contribution in [3.63, 3.8) is 0 Å². The number of amides is 1. The minimum atomic E-state index is -0.703. The molecule has 4 saturated carbocycles. The number of rotatable bonds is 6. The Labute approximate surface area is 161 Å². The SMILES string of the molecule is C[C@@H](NC(=O)COC(=O)c1ccc([N+](=O)[O-])s1)C12CC3CC(CC(C3)C1)C2. The Kier molecular flexibility index (Phi) is 4.70. The molecule has 0 aliphatic heterocycles. The molecule has 0 spiro atoms. The molecule has 1 N–H and O–H groups in total. The monoisotopic (exact) mass is 392 g/mol. The van der Waals surface area contributed by atoms with E-state index in [0.29, 0.717) is 0 Å². The zero-order chi connectivity index (χ0) is 19.2. The summed E-state index contributed by atoms with van der Waals surface area (Å²) in [5.41, 5.74) is 0.197. The first-order valence-corrected chi connectivity index (χ1v) is 10.4. The van der Waals surface area contributed by atoms with E-state index in [4.69, 9.17) is 4.74 Å². The van der Waals surface area contributed by atoms with Crippen molar-refractivity contribution in [1.82, 2.24) is 5.32 Å². The third-order valence-electron chi connectivity index (χ3n) is 6.69. The van der Waals surface area contributed by atoms with E-state index in [2.05, 4.69) is 12.2 Å². The number of nitrogens with one attached hydrogen (secondary N) is 1. The van der Waals surface area contributed by atoms with Gasteiger partial charge in [-0.25, -0.2) is 4.79 Å². The summed E-state index contributed by atoms with van der Waals surface area (Å²) in [4.78, 5) is 34.5. The van der Waals surface area contributed by atoms with E-state index in [9.17, 15) is 19.7 Å². The lowest BCUT2D eigenvalue weighted by molar-refractivity contribution is -0.380. The molecule has 1 heterocycles. The van der Waals surface area contributed by atoms with Crippen molar-refractivity contribution >= 4 is 28.2 Å². The van der Waals surface area contributed by atoms with E-state index in [-0.39, 0.29) is 33.8 Å². The lowest BCUT2D eigenvalue weighted by Crippen LogP contribution is -2.56. The molecular formula is C19H24N2O5S. The lowest BCUT2D eigenvalue weighted by atomic mass is 9.48. The van der Waals surface area contributed by atoms with Crippen LogP contribution in [0.1, 0.15) is 55.1 Å². The summed E-state index contributed by atoms with van der Waals surface area (Å²) in [6.45, 7) is 1.72. The molecular weight excluding hydrogens is 368 g/mol. The van der Waals surface area contributed by atoms with Crippen molar-refractivity contribution in [2.24, 2.45) is 23.2 Å². The maximum absolute atomic E-state index is 12.3. The summed E-state index contributed by atoms with van der Waals surface area (Å²) in [5.74, 6) is 1.41. The minimum Gasteiger partial charge on any atom is -0.451 e. The van der Waals surface area contributed by atoms with Crippen LogP contribution >= 0.6 is 11.3 Å². The molecule has 146 valence electrons. The first kappa shape index (κ1) is 18.4. The van der Waals surface area contributed by atoms with Crippen LogP contribution in [0, 0.1) is 33.3 Å². The average Bonchev–Trinajstić information content (AvgIpc) is 3.09. The third kappa shape index (κ3) is 3.59. The number of ether oxygens (including phenoxy) is 1. The molecule has 1 amide bonds. The lowest BCUT2D eigenvalue weighted by Gasteiger charge is -2.59. The molecule has 4 aliphatic carbocycles. The predicted octanol–water partition coefficient (Wildman–Crippen LogP) is 3.53. The van der Waals surface area contributed by atoms with Crippen LogP contribution in [0.15, 0.2) is 12.1 Å². The molecule has 1 aromatic rings. The number of carbonyl (C=O) groups is 2. The second-order valence-corrected chi connectivity index (χ2v) is 9.60. The normalized spacial score (nSPS) is 32.1. The molecule has 4 aliphatic rings. The molecule has 4 bridgehead atoms. The maximum Gasteiger partial charge on any atom is 0.349 e. The van der Waals surface area contributed by atoms with Crippen molar-refractivity contribution in [1.29, 1.82) is 0 Å². The Morgan fingerprint density at radius 3 is 2.37 bits per heavy atom. The Bertz CT molecular complexity index is 739. The highest BCUT2D eigenvalue weighted by atomic mass is 32.1. The van der Waals surface area contributed by atoms with Gasteiger partial charge in [-0.3, -0.25) is 14.9 Å². The van der Waals surface area contributed by atoms with Gasteiger partial charge >= 0.3 is 11.0 Å². The fourth-order valence-corrected chi connectivity index (χ4v) is 6.60. The van der Waals surface area contributed by atoms with E-state index in [1.165, 1.54) is 50.7 Å². The summed E-state index contributed by atoms with van der Waals surface area (Å²) in [7, 11) is 0. The largest absolute Gasteiger partial charge is 0.451 e. The number of hydrogen-bond acceptors (Lipinski definition) is 6.